The summed E-state index contributed by atoms with van der Waals surface area (Å²) in [6, 6.07) is 9.73. The molecule has 0 aliphatic rings. The molecule has 1 aromatic carbocycles. The normalized spacial score (nSPS) is 10.9. The van der Waals surface area contributed by atoms with E-state index in [1.54, 1.807) is 0 Å². The Hall–Kier alpha value is -1.18. The van der Waals surface area contributed by atoms with Crippen LogP contribution in [0.25, 0.3) is 0 Å². The van der Waals surface area contributed by atoms with Gasteiger partial charge in [0.05, 0.1) is 58.5 Å². The number of benzene rings is 1. The maximum absolute atomic E-state index is 5.41. The number of hydrogen-bond acceptors (Lipinski definition) is 6. The number of anilines is 1. The number of ether oxygens (including phenoxy) is 4. The second-order valence-corrected chi connectivity index (χ2v) is 5.12. The van der Waals surface area contributed by atoms with E-state index < -0.39 is 0 Å². The molecule has 6 heteroatoms. The maximum Gasteiger partial charge on any atom is 0.0979 e. The van der Waals surface area contributed by atoms with Crippen LogP contribution in [0.5, 0.6) is 0 Å². The number of unbranched alkanes of at least 4 members (excludes halogenated alkanes) is 1. The second kappa shape index (κ2) is 16.7. The largest absolute Gasteiger partial charge is 0.379 e. The highest BCUT2D eigenvalue weighted by molar-refractivity contribution is 5.39. The Morgan fingerprint density at radius 3 is 1.71 bits per heavy atom. The first-order valence-electron chi connectivity index (χ1n) is 8.67. The van der Waals surface area contributed by atoms with Gasteiger partial charge in [-0.25, -0.2) is 0 Å². The zero-order chi connectivity index (χ0) is 17.1. The van der Waals surface area contributed by atoms with E-state index in [9.17, 15) is 0 Å². The van der Waals surface area contributed by atoms with Gasteiger partial charge in [-0.3, -0.25) is 10.3 Å². The Bertz CT molecular complexity index is 364. The standard InChI is InChI=1S/C18H31NO5/c1-2-3-9-20-10-11-21-12-13-22-14-15-23-16-17-24-19-18-7-5-4-6-8-18/h4-8,19H,2-3,9-17H2,1H3. The summed E-state index contributed by atoms with van der Waals surface area (Å²) in [5, 5.41) is 0. The molecule has 1 N–H and O–H groups in total. The number of nitrogens with one attached hydrogen (secondary N) is 1. The summed E-state index contributed by atoms with van der Waals surface area (Å²) in [5.74, 6) is 0. The van der Waals surface area contributed by atoms with Crippen molar-refractivity contribution in [1.29, 1.82) is 0 Å². The van der Waals surface area contributed by atoms with Crippen LogP contribution in [0.2, 0.25) is 0 Å². The van der Waals surface area contributed by atoms with Crippen molar-refractivity contribution in [3.8, 4) is 0 Å². The third-order valence-electron chi connectivity index (χ3n) is 3.05. The third-order valence-corrected chi connectivity index (χ3v) is 3.05. The molecule has 0 fully saturated rings. The molecule has 0 unspecified atom stereocenters. The summed E-state index contributed by atoms with van der Waals surface area (Å²) in [5.41, 5.74) is 3.78. The van der Waals surface area contributed by atoms with Crippen LogP contribution < -0.4 is 5.48 Å². The van der Waals surface area contributed by atoms with Gasteiger partial charge >= 0.3 is 0 Å². The maximum atomic E-state index is 5.41. The number of rotatable bonds is 17. The minimum atomic E-state index is 0.482. The van der Waals surface area contributed by atoms with Crippen LogP contribution in [0, 0.1) is 0 Å². The fourth-order valence-electron chi connectivity index (χ4n) is 1.75. The van der Waals surface area contributed by atoms with Crippen LogP contribution in [0.15, 0.2) is 30.3 Å². The van der Waals surface area contributed by atoms with Crippen LogP contribution in [0.1, 0.15) is 19.8 Å². The molecule has 0 saturated heterocycles. The molecule has 138 valence electrons. The van der Waals surface area contributed by atoms with Gasteiger partial charge in [0, 0.05) is 6.61 Å². The van der Waals surface area contributed by atoms with E-state index in [2.05, 4.69) is 12.4 Å². The molecule has 0 saturated carbocycles. The monoisotopic (exact) mass is 341 g/mol. The quantitative estimate of drug-likeness (QED) is 0.347. The van der Waals surface area contributed by atoms with Gasteiger partial charge in [-0.05, 0) is 18.6 Å². The number of hydrogen-bond donors (Lipinski definition) is 1. The summed E-state index contributed by atoms with van der Waals surface area (Å²) in [6.07, 6.45) is 2.27. The van der Waals surface area contributed by atoms with Crippen molar-refractivity contribution in [2.45, 2.75) is 19.8 Å². The Labute approximate surface area is 145 Å². The highest BCUT2D eigenvalue weighted by atomic mass is 16.7. The van der Waals surface area contributed by atoms with Gasteiger partial charge in [0.1, 0.15) is 0 Å². The molecular formula is C18H31NO5. The van der Waals surface area contributed by atoms with Gasteiger partial charge in [0.15, 0.2) is 0 Å². The average molecular weight is 341 g/mol. The molecule has 24 heavy (non-hydrogen) atoms. The lowest BCUT2D eigenvalue weighted by Crippen LogP contribution is -2.14. The minimum Gasteiger partial charge on any atom is -0.379 e. The van der Waals surface area contributed by atoms with E-state index in [1.807, 2.05) is 30.3 Å². The van der Waals surface area contributed by atoms with Crippen molar-refractivity contribution in [1.82, 2.24) is 0 Å². The fraction of sp³-hybridized carbons (Fsp3) is 0.667. The van der Waals surface area contributed by atoms with Gasteiger partial charge in [-0.1, -0.05) is 31.5 Å². The summed E-state index contributed by atoms with van der Waals surface area (Å²) in [6.45, 7) is 7.51. The topological polar surface area (TPSA) is 58.2 Å². The van der Waals surface area contributed by atoms with Crippen molar-refractivity contribution >= 4 is 5.69 Å². The summed E-state index contributed by atoms with van der Waals surface area (Å²) in [4.78, 5) is 5.28. The SMILES string of the molecule is CCCCOCCOCCOCCOCCONc1ccccc1. The molecule has 0 atom stereocenters. The van der Waals surface area contributed by atoms with Crippen LogP contribution in [-0.2, 0) is 23.8 Å². The summed E-state index contributed by atoms with van der Waals surface area (Å²) >= 11 is 0. The van der Waals surface area contributed by atoms with E-state index in [4.69, 9.17) is 23.8 Å². The minimum absolute atomic E-state index is 0.482. The molecule has 0 amide bonds. The van der Waals surface area contributed by atoms with E-state index in [0.29, 0.717) is 52.9 Å². The molecule has 0 aromatic heterocycles. The Morgan fingerprint density at radius 2 is 1.17 bits per heavy atom. The molecule has 0 radical (unpaired) electrons. The molecule has 1 rings (SSSR count). The lowest BCUT2D eigenvalue weighted by atomic mass is 10.3. The first-order chi connectivity index (χ1) is 11.9. The van der Waals surface area contributed by atoms with Crippen molar-refractivity contribution in [3.05, 3.63) is 30.3 Å². The van der Waals surface area contributed by atoms with Crippen molar-refractivity contribution in [2.75, 3.05) is 64.9 Å². The summed E-state index contributed by atoms with van der Waals surface area (Å²) in [7, 11) is 0. The molecular weight excluding hydrogens is 310 g/mol. The van der Waals surface area contributed by atoms with Crippen LogP contribution >= 0.6 is 0 Å². The van der Waals surface area contributed by atoms with Crippen molar-refractivity contribution in [2.24, 2.45) is 0 Å². The van der Waals surface area contributed by atoms with Crippen LogP contribution in [0.3, 0.4) is 0 Å². The zero-order valence-electron chi connectivity index (χ0n) is 14.7. The van der Waals surface area contributed by atoms with E-state index >= 15 is 0 Å². The number of para-hydroxylation sites is 1. The predicted molar refractivity (Wildman–Crippen MR) is 94.2 cm³/mol. The van der Waals surface area contributed by atoms with Gasteiger partial charge in [-0.15, -0.1) is 0 Å². The predicted octanol–water partition coefficient (Wildman–Crippen LogP) is 2.90. The summed E-state index contributed by atoms with van der Waals surface area (Å²) < 4.78 is 21.6. The Kier molecular flexibility index (Phi) is 14.5. The molecule has 0 aliphatic heterocycles. The van der Waals surface area contributed by atoms with Gasteiger partial charge < -0.3 is 18.9 Å². The lowest BCUT2D eigenvalue weighted by Gasteiger charge is -2.08. The molecule has 1 aromatic rings. The third kappa shape index (κ3) is 13.3. The van der Waals surface area contributed by atoms with E-state index in [0.717, 1.165) is 25.1 Å². The van der Waals surface area contributed by atoms with Gasteiger partial charge in [-0.2, -0.15) is 0 Å². The first-order valence-corrected chi connectivity index (χ1v) is 8.67. The lowest BCUT2D eigenvalue weighted by molar-refractivity contribution is -0.00803. The van der Waals surface area contributed by atoms with Crippen LogP contribution in [-0.4, -0.2) is 59.5 Å². The van der Waals surface area contributed by atoms with Gasteiger partial charge in [0.2, 0.25) is 0 Å². The van der Waals surface area contributed by atoms with E-state index in [-0.39, 0.29) is 0 Å². The molecule has 0 bridgehead atoms. The smallest absolute Gasteiger partial charge is 0.0979 e. The highest BCUT2D eigenvalue weighted by Gasteiger charge is 1.94. The molecule has 0 spiro atoms. The van der Waals surface area contributed by atoms with Crippen LogP contribution in [0.4, 0.5) is 5.69 Å². The highest BCUT2D eigenvalue weighted by Crippen LogP contribution is 2.04. The van der Waals surface area contributed by atoms with Crippen molar-refractivity contribution < 1.29 is 23.8 Å². The molecule has 0 heterocycles. The Morgan fingerprint density at radius 1 is 0.667 bits per heavy atom. The average Bonchev–Trinajstić information content (AvgIpc) is 2.62. The fourth-order valence-corrected chi connectivity index (χ4v) is 1.75. The zero-order valence-corrected chi connectivity index (χ0v) is 14.7. The molecule has 0 aliphatic carbocycles. The first kappa shape index (κ1) is 20.9. The van der Waals surface area contributed by atoms with Crippen molar-refractivity contribution in [3.63, 3.8) is 0 Å². The Balaban J connectivity index is 1.70. The molecule has 6 nitrogen and oxygen atoms in total. The second-order valence-electron chi connectivity index (χ2n) is 5.12. The van der Waals surface area contributed by atoms with Gasteiger partial charge in [0.25, 0.3) is 0 Å². The van der Waals surface area contributed by atoms with E-state index in [1.165, 1.54) is 0 Å².